The van der Waals surface area contributed by atoms with E-state index in [0.29, 0.717) is 5.02 Å². The van der Waals surface area contributed by atoms with Gasteiger partial charge in [0, 0.05) is 12.7 Å². The maximum Gasteiger partial charge on any atom is 0.144 e. The van der Waals surface area contributed by atoms with Crippen LogP contribution in [0.3, 0.4) is 0 Å². The van der Waals surface area contributed by atoms with Crippen LogP contribution in [0, 0.1) is 5.92 Å². The van der Waals surface area contributed by atoms with Crippen LogP contribution >= 0.6 is 11.6 Å². The Hall–Kier alpha value is -1.29. The number of aromatic amines is 1. The Morgan fingerprint density at radius 1 is 1.15 bits per heavy atom. The molecule has 0 spiro atoms. The Morgan fingerprint density at radius 2 is 1.90 bits per heavy atom. The summed E-state index contributed by atoms with van der Waals surface area (Å²) in [5.74, 6) is 1.60. The SMILES string of the molecule is Clc1c[nH]c2ncnc(NCC3CCCCCCC3)c12. The predicted octanol–water partition coefficient (Wildman–Crippen LogP) is 4.38. The van der Waals surface area contributed by atoms with Crippen molar-refractivity contribution in [1.29, 1.82) is 0 Å². The van der Waals surface area contributed by atoms with Crippen molar-refractivity contribution in [3.05, 3.63) is 17.5 Å². The first-order valence-corrected chi connectivity index (χ1v) is 7.94. The molecule has 1 fully saturated rings. The zero-order valence-electron chi connectivity index (χ0n) is 11.7. The summed E-state index contributed by atoms with van der Waals surface area (Å²) < 4.78 is 0. The van der Waals surface area contributed by atoms with Gasteiger partial charge in [-0.05, 0) is 18.8 Å². The van der Waals surface area contributed by atoms with E-state index in [1.54, 1.807) is 12.5 Å². The predicted molar refractivity (Wildman–Crippen MR) is 83.2 cm³/mol. The molecule has 2 N–H and O–H groups in total. The van der Waals surface area contributed by atoms with Crippen LogP contribution < -0.4 is 5.32 Å². The maximum atomic E-state index is 6.20. The molecule has 2 heterocycles. The maximum absolute atomic E-state index is 6.20. The molecule has 2 aromatic heterocycles. The Morgan fingerprint density at radius 3 is 2.70 bits per heavy atom. The molecule has 0 atom stereocenters. The first-order chi connectivity index (χ1) is 9.84. The van der Waals surface area contributed by atoms with Crippen LogP contribution in [-0.4, -0.2) is 21.5 Å². The molecule has 1 saturated carbocycles. The highest BCUT2D eigenvalue weighted by Crippen LogP contribution is 2.28. The van der Waals surface area contributed by atoms with E-state index in [2.05, 4.69) is 20.3 Å². The number of halogens is 1. The summed E-state index contributed by atoms with van der Waals surface area (Å²) in [6, 6.07) is 0. The van der Waals surface area contributed by atoms with Gasteiger partial charge in [0.25, 0.3) is 0 Å². The highest BCUT2D eigenvalue weighted by molar-refractivity contribution is 6.36. The third-order valence-electron chi connectivity index (χ3n) is 4.20. The van der Waals surface area contributed by atoms with Gasteiger partial charge in [-0.3, -0.25) is 0 Å². The van der Waals surface area contributed by atoms with Crippen molar-refractivity contribution in [3.8, 4) is 0 Å². The molecule has 20 heavy (non-hydrogen) atoms. The van der Waals surface area contributed by atoms with Gasteiger partial charge in [0.2, 0.25) is 0 Å². The molecule has 0 aliphatic heterocycles. The van der Waals surface area contributed by atoms with Gasteiger partial charge in [0.05, 0.1) is 10.4 Å². The zero-order chi connectivity index (χ0) is 13.8. The molecule has 0 bridgehead atoms. The Bertz CT molecular complexity index is 558. The molecule has 0 aromatic carbocycles. The molecule has 5 heteroatoms. The number of H-pyrrole nitrogens is 1. The summed E-state index contributed by atoms with van der Waals surface area (Å²) in [7, 11) is 0. The van der Waals surface area contributed by atoms with E-state index < -0.39 is 0 Å². The van der Waals surface area contributed by atoms with E-state index >= 15 is 0 Å². The summed E-state index contributed by atoms with van der Waals surface area (Å²) in [4.78, 5) is 11.6. The van der Waals surface area contributed by atoms with Crippen LogP contribution in [0.1, 0.15) is 44.9 Å². The van der Waals surface area contributed by atoms with Gasteiger partial charge in [-0.15, -0.1) is 0 Å². The van der Waals surface area contributed by atoms with Crippen LogP contribution in [-0.2, 0) is 0 Å². The summed E-state index contributed by atoms with van der Waals surface area (Å²) in [5.41, 5.74) is 0.796. The summed E-state index contributed by atoms with van der Waals surface area (Å²) in [6.07, 6.45) is 12.9. The van der Waals surface area contributed by atoms with Gasteiger partial charge in [-0.1, -0.05) is 43.7 Å². The van der Waals surface area contributed by atoms with Crippen molar-refractivity contribution >= 4 is 28.5 Å². The van der Waals surface area contributed by atoms with Crippen LogP contribution in [0.2, 0.25) is 5.02 Å². The number of aromatic nitrogens is 3. The monoisotopic (exact) mass is 292 g/mol. The Balaban J connectivity index is 1.68. The van der Waals surface area contributed by atoms with Crippen molar-refractivity contribution in [3.63, 3.8) is 0 Å². The summed E-state index contributed by atoms with van der Waals surface area (Å²) in [5, 5.41) is 5.06. The molecule has 0 saturated heterocycles. The number of nitrogens with zero attached hydrogens (tertiary/aromatic N) is 2. The minimum absolute atomic E-state index is 0.681. The molecule has 2 aromatic rings. The van der Waals surface area contributed by atoms with E-state index in [-0.39, 0.29) is 0 Å². The van der Waals surface area contributed by atoms with Crippen molar-refractivity contribution in [1.82, 2.24) is 15.0 Å². The standard InChI is InChI=1S/C15H21ClN4/c16-12-9-18-15-13(12)14(19-10-20-15)17-8-11-6-4-2-1-3-5-7-11/h9-11H,1-8H2,(H2,17,18,19,20). The average Bonchev–Trinajstić information content (AvgIpc) is 2.80. The number of hydrogen-bond acceptors (Lipinski definition) is 3. The minimum Gasteiger partial charge on any atom is -0.369 e. The topological polar surface area (TPSA) is 53.6 Å². The van der Waals surface area contributed by atoms with Crippen LogP contribution in [0.25, 0.3) is 11.0 Å². The Kier molecular flexibility index (Phi) is 4.41. The molecule has 108 valence electrons. The lowest BCUT2D eigenvalue weighted by Crippen LogP contribution is -2.16. The number of nitrogens with one attached hydrogen (secondary N) is 2. The second-order valence-corrected chi connectivity index (χ2v) is 6.08. The van der Waals surface area contributed by atoms with Crippen molar-refractivity contribution in [2.45, 2.75) is 44.9 Å². The fourth-order valence-corrected chi connectivity index (χ4v) is 3.28. The van der Waals surface area contributed by atoms with Gasteiger partial charge < -0.3 is 10.3 Å². The first-order valence-electron chi connectivity index (χ1n) is 7.56. The molecule has 1 aliphatic rings. The lowest BCUT2D eigenvalue weighted by atomic mass is 9.91. The van der Waals surface area contributed by atoms with Gasteiger partial charge in [0.15, 0.2) is 0 Å². The molecule has 3 rings (SSSR count). The number of rotatable bonds is 3. The number of fused-ring (bicyclic) bond motifs is 1. The average molecular weight is 293 g/mol. The van der Waals surface area contributed by atoms with Crippen LogP contribution in [0.15, 0.2) is 12.5 Å². The molecule has 0 amide bonds. The van der Waals surface area contributed by atoms with Crippen molar-refractivity contribution < 1.29 is 0 Å². The second kappa shape index (κ2) is 6.44. The fourth-order valence-electron chi connectivity index (χ4n) is 3.04. The highest BCUT2D eigenvalue weighted by Gasteiger charge is 2.14. The van der Waals surface area contributed by atoms with E-state index in [4.69, 9.17) is 11.6 Å². The van der Waals surface area contributed by atoms with E-state index in [1.807, 2.05) is 0 Å². The van der Waals surface area contributed by atoms with Gasteiger partial charge >= 0.3 is 0 Å². The highest BCUT2D eigenvalue weighted by atomic mass is 35.5. The summed E-state index contributed by atoms with van der Waals surface area (Å²) in [6.45, 7) is 0.980. The van der Waals surface area contributed by atoms with Crippen molar-refractivity contribution in [2.24, 2.45) is 5.92 Å². The summed E-state index contributed by atoms with van der Waals surface area (Å²) >= 11 is 6.20. The zero-order valence-corrected chi connectivity index (χ0v) is 12.4. The quantitative estimate of drug-likeness (QED) is 0.882. The second-order valence-electron chi connectivity index (χ2n) is 5.67. The molecular weight excluding hydrogens is 272 g/mol. The van der Waals surface area contributed by atoms with Gasteiger partial charge in [-0.25, -0.2) is 9.97 Å². The lowest BCUT2D eigenvalue weighted by molar-refractivity contribution is 0.392. The third-order valence-corrected chi connectivity index (χ3v) is 4.50. The molecule has 0 radical (unpaired) electrons. The third kappa shape index (κ3) is 3.06. The molecule has 1 aliphatic carbocycles. The van der Waals surface area contributed by atoms with Crippen LogP contribution in [0.5, 0.6) is 0 Å². The number of hydrogen-bond donors (Lipinski definition) is 2. The largest absolute Gasteiger partial charge is 0.369 e. The Labute approximate surface area is 124 Å². The van der Waals surface area contributed by atoms with E-state index in [1.165, 1.54) is 44.9 Å². The molecule has 0 unspecified atom stereocenters. The first kappa shape index (κ1) is 13.7. The molecule has 4 nitrogen and oxygen atoms in total. The van der Waals surface area contributed by atoms with Gasteiger partial charge in [-0.2, -0.15) is 0 Å². The van der Waals surface area contributed by atoms with Gasteiger partial charge in [0.1, 0.15) is 17.8 Å². The number of anilines is 1. The van der Waals surface area contributed by atoms with Crippen LogP contribution in [0.4, 0.5) is 5.82 Å². The van der Waals surface area contributed by atoms with Crippen molar-refractivity contribution in [2.75, 3.05) is 11.9 Å². The van der Waals surface area contributed by atoms with E-state index in [0.717, 1.165) is 29.3 Å². The minimum atomic E-state index is 0.681. The molecular formula is C15H21ClN4. The lowest BCUT2D eigenvalue weighted by Gasteiger charge is -2.20. The fraction of sp³-hybridized carbons (Fsp3) is 0.600. The normalized spacial score (nSPS) is 17.9. The van der Waals surface area contributed by atoms with E-state index in [9.17, 15) is 0 Å². The smallest absolute Gasteiger partial charge is 0.144 e.